The van der Waals surface area contributed by atoms with E-state index in [2.05, 4.69) is 46.5 Å². The molecule has 1 aromatic heterocycles. The summed E-state index contributed by atoms with van der Waals surface area (Å²) in [6, 6.07) is 19.5. The number of ether oxygens (including phenoxy) is 2. The van der Waals surface area contributed by atoms with Crippen molar-refractivity contribution < 1.29 is 23.2 Å². The van der Waals surface area contributed by atoms with Crippen LogP contribution < -0.4 is 10.5 Å². The van der Waals surface area contributed by atoms with Crippen molar-refractivity contribution in [2.45, 2.75) is 77.2 Å². The Morgan fingerprint density at radius 2 is 1.69 bits per heavy atom. The van der Waals surface area contributed by atoms with E-state index >= 15 is 0 Å². The lowest BCUT2D eigenvalue weighted by molar-refractivity contribution is -0.154. The van der Waals surface area contributed by atoms with Crippen LogP contribution in [0.2, 0.25) is 0 Å². The van der Waals surface area contributed by atoms with E-state index in [4.69, 9.17) is 19.7 Å². The maximum absolute atomic E-state index is 13.5. The molecule has 3 aromatic carbocycles. The third-order valence-electron chi connectivity index (χ3n) is 8.34. The largest absolute Gasteiger partial charge is 0.492 e. The van der Waals surface area contributed by atoms with Gasteiger partial charge in [-0.2, -0.15) is 0 Å². The number of para-hydroxylation sites is 1. The highest BCUT2D eigenvalue weighted by Gasteiger charge is 2.25. The highest BCUT2D eigenvalue weighted by atomic mass is 19.1. The third-order valence-corrected chi connectivity index (χ3v) is 8.34. The Labute approximate surface area is 265 Å². The minimum atomic E-state index is -0.478. The van der Waals surface area contributed by atoms with E-state index in [0.717, 1.165) is 74.1 Å². The number of benzene rings is 3. The van der Waals surface area contributed by atoms with Gasteiger partial charge < -0.3 is 19.7 Å². The fraction of sp³-hybridized carbons (Fsp3) is 0.459. The SMILES string of the molecule is CC(C)(C)OC(=O)CCc1cc(CCN)cc(CCc2ccccc2OCCN2CCC(c3noc4cc(F)ccc34)CC2)c1. The monoisotopic (exact) mass is 615 g/mol. The second-order valence-corrected chi connectivity index (χ2v) is 13.1. The molecule has 0 bridgehead atoms. The van der Waals surface area contributed by atoms with Gasteiger partial charge in [0.2, 0.25) is 0 Å². The van der Waals surface area contributed by atoms with Crippen LogP contribution in [0.15, 0.2) is 65.2 Å². The van der Waals surface area contributed by atoms with Crippen LogP contribution in [0.5, 0.6) is 5.75 Å². The molecule has 0 atom stereocenters. The van der Waals surface area contributed by atoms with Crippen molar-refractivity contribution in [3.05, 3.63) is 94.4 Å². The average molecular weight is 616 g/mol. The summed E-state index contributed by atoms with van der Waals surface area (Å²) in [6.45, 7) is 9.65. The molecule has 1 fully saturated rings. The number of hydrogen-bond acceptors (Lipinski definition) is 7. The lowest BCUT2D eigenvalue weighted by atomic mass is 9.91. The summed E-state index contributed by atoms with van der Waals surface area (Å²) in [6.07, 6.45) is 5.50. The number of fused-ring (bicyclic) bond motifs is 1. The number of aromatic nitrogens is 1. The number of carbonyl (C=O) groups is 1. The summed E-state index contributed by atoms with van der Waals surface area (Å²) in [5, 5.41) is 5.19. The molecular formula is C37H46FN3O4. The zero-order chi connectivity index (χ0) is 31.8. The van der Waals surface area contributed by atoms with Crippen LogP contribution in [0.25, 0.3) is 11.0 Å². The zero-order valence-electron chi connectivity index (χ0n) is 26.8. The Bertz CT molecular complexity index is 1570. The van der Waals surface area contributed by atoms with Gasteiger partial charge in [-0.25, -0.2) is 4.39 Å². The molecule has 0 aliphatic carbocycles. The van der Waals surface area contributed by atoms with E-state index in [-0.39, 0.29) is 11.8 Å². The fourth-order valence-electron chi connectivity index (χ4n) is 6.15. The molecule has 8 heteroatoms. The van der Waals surface area contributed by atoms with E-state index in [0.29, 0.717) is 37.5 Å². The smallest absolute Gasteiger partial charge is 0.306 e. The van der Waals surface area contributed by atoms with Crippen molar-refractivity contribution in [1.29, 1.82) is 0 Å². The summed E-state index contributed by atoms with van der Waals surface area (Å²) in [4.78, 5) is 14.7. The average Bonchev–Trinajstić information content (AvgIpc) is 3.42. The molecule has 4 aromatic rings. The van der Waals surface area contributed by atoms with E-state index in [1.165, 1.54) is 28.8 Å². The Morgan fingerprint density at radius 1 is 0.978 bits per heavy atom. The standard InChI is InChI=1S/C37H46FN3O4/c1-37(2,3)44-35(42)13-9-27-22-26(23-28(24-27)14-17-39)8-10-29-6-4-5-7-33(29)43-21-20-41-18-15-30(16-19-41)36-32-12-11-31(38)25-34(32)45-40-36/h4-7,11-12,22-25,30H,8-10,13-21,39H2,1-3H3. The summed E-state index contributed by atoms with van der Waals surface area (Å²) < 4.78 is 30.8. The second-order valence-electron chi connectivity index (χ2n) is 13.1. The number of carbonyl (C=O) groups excluding carboxylic acids is 1. The molecule has 1 saturated heterocycles. The predicted molar refractivity (Wildman–Crippen MR) is 175 cm³/mol. The van der Waals surface area contributed by atoms with Gasteiger partial charge in [0, 0.05) is 30.3 Å². The van der Waals surface area contributed by atoms with E-state index in [1.807, 2.05) is 26.8 Å². The van der Waals surface area contributed by atoms with Crippen LogP contribution in [-0.2, 0) is 35.2 Å². The Kier molecular flexibility index (Phi) is 10.9. The molecule has 0 saturated carbocycles. The van der Waals surface area contributed by atoms with Crippen molar-refractivity contribution in [3.63, 3.8) is 0 Å². The highest BCUT2D eigenvalue weighted by molar-refractivity contribution is 5.79. The molecule has 2 heterocycles. The van der Waals surface area contributed by atoms with Crippen LogP contribution in [0.1, 0.15) is 73.9 Å². The molecule has 1 aliphatic heterocycles. The summed E-state index contributed by atoms with van der Waals surface area (Å²) >= 11 is 0. The molecule has 0 unspecified atom stereocenters. The van der Waals surface area contributed by atoms with Crippen LogP contribution in [0, 0.1) is 5.82 Å². The van der Waals surface area contributed by atoms with Crippen molar-refractivity contribution in [1.82, 2.24) is 10.1 Å². The van der Waals surface area contributed by atoms with Crippen molar-refractivity contribution in [3.8, 4) is 5.75 Å². The van der Waals surface area contributed by atoms with Gasteiger partial charge in [0.05, 0.1) is 5.69 Å². The molecule has 0 spiro atoms. The zero-order valence-corrected chi connectivity index (χ0v) is 26.8. The number of rotatable bonds is 13. The normalized spacial score (nSPS) is 14.6. The van der Waals surface area contributed by atoms with Crippen LogP contribution in [0.3, 0.4) is 0 Å². The number of esters is 1. The second kappa shape index (κ2) is 15.0. The number of halogens is 1. The topological polar surface area (TPSA) is 90.8 Å². The van der Waals surface area contributed by atoms with Crippen LogP contribution in [-0.4, -0.2) is 54.4 Å². The first kappa shape index (κ1) is 32.6. The maximum Gasteiger partial charge on any atom is 0.306 e. The van der Waals surface area contributed by atoms with Gasteiger partial charge >= 0.3 is 5.97 Å². The first-order valence-electron chi connectivity index (χ1n) is 16.2. The van der Waals surface area contributed by atoms with E-state index < -0.39 is 5.60 Å². The van der Waals surface area contributed by atoms with Gasteiger partial charge in [-0.05, 0) is 119 Å². The number of nitrogens with zero attached hydrogens (tertiary/aromatic N) is 2. The molecule has 1 aliphatic rings. The molecule has 0 radical (unpaired) electrons. The summed E-state index contributed by atoms with van der Waals surface area (Å²) in [5.74, 6) is 0.762. The molecule has 5 rings (SSSR count). The fourth-order valence-corrected chi connectivity index (χ4v) is 6.15. The number of aryl methyl sites for hydroxylation is 3. The molecule has 45 heavy (non-hydrogen) atoms. The minimum Gasteiger partial charge on any atom is -0.492 e. The Balaban J connectivity index is 1.12. The lowest BCUT2D eigenvalue weighted by Gasteiger charge is -2.31. The van der Waals surface area contributed by atoms with Crippen LogP contribution in [0.4, 0.5) is 4.39 Å². The number of likely N-dealkylation sites (tertiary alicyclic amines) is 1. The number of piperidine rings is 1. The Hall–Kier alpha value is -3.75. The molecule has 0 amide bonds. The van der Waals surface area contributed by atoms with Gasteiger partial charge in [-0.1, -0.05) is 41.6 Å². The third kappa shape index (κ3) is 9.38. The number of nitrogens with two attached hydrogens (primary N) is 1. The van der Waals surface area contributed by atoms with Crippen molar-refractivity contribution in [2.75, 3.05) is 32.8 Å². The van der Waals surface area contributed by atoms with Gasteiger partial charge in [0.25, 0.3) is 0 Å². The van der Waals surface area contributed by atoms with E-state index in [9.17, 15) is 9.18 Å². The van der Waals surface area contributed by atoms with Crippen molar-refractivity contribution in [2.24, 2.45) is 5.73 Å². The van der Waals surface area contributed by atoms with Crippen LogP contribution >= 0.6 is 0 Å². The van der Waals surface area contributed by atoms with Crippen molar-refractivity contribution >= 4 is 16.9 Å². The first-order chi connectivity index (χ1) is 21.7. The van der Waals surface area contributed by atoms with Gasteiger partial charge in [0.1, 0.15) is 23.8 Å². The van der Waals surface area contributed by atoms with Gasteiger partial charge in [-0.15, -0.1) is 0 Å². The lowest BCUT2D eigenvalue weighted by Crippen LogP contribution is -2.36. The number of hydrogen-bond donors (Lipinski definition) is 1. The van der Waals surface area contributed by atoms with Gasteiger partial charge in [0.15, 0.2) is 5.58 Å². The highest BCUT2D eigenvalue weighted by Crippen LogP contribution is 2.33. The van der Waals surface area contributed by atoms with E-state index in [1.54, 1.807) is 6.07 Å². The molecule has 7 nitrogen and oxygen atoms in total. The summed E-state index contributed by atoms with van der Waals surface area (Å²) in [5.41, 5.74) is 11.6. The molecule has 240 valence electrons. The minimum absolute atomic E-state index is 0.176. The molecule has 2 N–H and O–H groups in total. The molecular weight excluding hydrogens is 569 g/mol. The quantitative estimate of drug-likeness (QED) is 0.166. The first-order valence-corrected chi connectivity index (χ1v) is 16.2. The predicted octanol–water partition coefficient (Wildman–Crippen LogP) is 6.79. The summed E-state index contributed by atoms with van der Waals surface area (Å²) in [7, 11) is 0. The van der Waals surface area contributed by atoms with Gasteiger partial charge in [-0.3, -0.25) is 9.69 Å². The maximum atomic E-state index is 13.5. The Morgan fingerprint density at radius 3 is 2.42 bits per heavy atom.